The van der Waals surface area contributed by atoms with Gasteiger partial charge in [0.25, 0.3) is 0 Å². The second-order valence-corrected chi connectivity index (χ2v) is 10.8. The molecule has 1 unspecified atom stereocenters. The summed E-state index contributed by atoms with van der Waals surface area (Å²) in [5, 5.41) is 0. The highest BCUT2D eigenvalue weighted by Gasteiger charge is 2.28. The van der Waals surface area contributed by atoms with Crippen molar-refractivity contribution >= 4 is 13.8 Å². The Balaban J connectivity index is 2.61. The molecule has 1 aliphatic rings. The summed E-state index contributed by atoms with van der Waals surface area (Å²) in [6.07, 6.45) is 24.8. The summed E-state index contributed by atoms with van der Waals surface area (Å²) in [5.74, 6) is -0.404. The zero-order valence-electron chi connectivity index (χ0n) is 21.6. The van der Waals surface area contributed by atoms with Gasteiger partial charge in [-0.2, -0.15) is 0 Å². The van der Waals surface area contributed by atoms with Crippen LogP contribution in [-0.4, -0.2) is 29.7 Å². The lowest BCUT2D eigenvalue weighted by Crippen LogP contribution is -2.22. The van der Waals surface area contributed by atoms with Gasteiger partial charge in [-0.15, -0.1) is 0 Å². The average Bonchev–Trinajstić information content (AvgIpc) is 2.78. The molecule has 0 fully saturated rings. The van der Waals surface area contributed by atoms with E-state index in [4.69, 9.17) is 13.8 Å². The topological polar surface area (TPSA) is 82.1 Å². The molecule has 3 atom stereocenters. The zero-order chi connectivity index (χ0) is 24.9. The molecule has 0 aromatic carbocycles. The minimum atomic E-state index is -4.18. The van der Waals surface area contributed by atoms with E-state index in [9.17, 15) is 14.3 Å². The number of phosphoric ester groups is 1. The van der Waals surface area contributed by atoms with Gasteiger partial charge in [-0.1, -0.05) is 89.0 Å². The van der Waals surface area contributed by atoms with Gasteiger partial charge < -0.3 is 9.63 Å². The molecule has 0 bridgehead atoms. The van der Waals surface area contributed by atoms with E-state index >= 15 is 0 Å². The van der Waals surface area contributed by atoms with Gasteiger partial charge in [0.15, 0.2) is 0 Å². The van der Waals surface area contributed by atoms with Gasteiger partial charge >= 0.3 is 13.8 Å². The molecule has 0 saturated heterocycles. The number of carbonyl (C=O) groups excluding carboxylic acids is 1. The Morgan fingerprint density at radius 2 is 1.47 bits per heavy atom. The van der Waals surface area contributed by atoms with Gasteiger partial charge in [-0.3, -0.25) is 13.8 Å². The normalized spacial score (nSPS) is 27.6. The van der Waals surface area contributed by atoms with Crippen molar-refractivity contribution in [2.45, 2.75) is 135 Å². The van der Waals surface area contributed by atoms with E-state index < -0.39 is 19.9 Å². The molecule has 198 valence electrons. The van der Waals surface area contributed by atoms with Crippen LogP contribution in [0, 0.1) is 0 Å². The van der Waals surface area contributed by atoms with E-state index in [0.717, 1.165) is 32.1 Å². The monoisotopic (exact) mass is 500 g/mol. The molecule has 1 N–H and O–H groups in total. The maximum atomic E-state index is 12.5. The summed E-state index contributed by atoms with van der Waals surface area (Å²) in [5.41, 5.74) is 0. The summed E-state index contributed by atoms with van der Waals surface area (Å²) in [6, 6.07) is 0. The Morgan fingerprint density at radius 1 is 0.912 bits per heavy atom. The van der Waals surface area contributed by atoms with Gasteiger partial charge in [-0.05, 0) is 45.4 Å². The molecule has 6 nitrogen and oxygen atoms in total. The lowest BCUT2D eigenvalue weighted by molar-refractivity contribution is -0.150. The van der Waals surface area contributed by atoms with Crippen LogP contribution in [0.4, 0.5) is 0 Å². The SMILES string of the molecule is CCCOP(=O)(O)O[C@H]1CCCCCCCCCCCC/C=C\CC/C=C/C[C@H](C)OC(=O)C1. The number of hydrogen-bond acceptors (Lipinski definition) is 5. The smallest absolute Gasteiger partial charge is 0.462 e. The Kier molecular flexibility index (Phi) is 18.5. The predicted octanol–water partition coefficient (Wildman–Crippen LogP) is 8.20. The van der Waals surface area contributed by atoms with Crippen LogP contribution in [0.25, 0.3) is 0 Å². The number of esters is 1. The van der Waals surface area contributed by atoms with E-state index in [1.165, 1.54) is 51.4 Å². The summed E-state index contributed by atoms with van der Waals surface area (Å²) in [4.78, 5) is 22.5. The first kappa shape index (κ1) is 31.1. The van der Waals surface area contributed by atoms with E-state index in [2.05, 4.69) is 24.3 Å². The summed E-state index contributed by atoms with van der Waals surface area (Å²) < 4.78 is 28.1. The van der Waals surface area contributed by atoms with Crippen molar-refractivity contribution in [1.82, 2.24) is 0 Å². The Hall–Kier alpha value is -0.940. The molecule has 0 aromatic heterocycles. The van der Waals surface area contributed by atoms with Crippen molar-refractivity contribution in [2.24, 2.45) is 0 Å². The van der Waals surface area contributed by atoms with Gasteiger partial charge in [0.05, 0.1) is 19.1 Å². The number of ether oxygens (including phenoxy) is 1. The molecule has 1 rings (SSSR count). The fourth-order valence-corrected chi connectivity index (χ4v) is 5.04. The van der Waals surface area contributed by atoms with Crippen molar-refractivity contribution in [3.63, 3.8) is 0 Å². The number of carbonyl (C=O) groups is 1. The molecule has 0 aromatic rings. The number of allylic oxidation sites excluding steroid dienone is 3. The predicted molar refractivity (Wildman–Crippen MR) is 139 cm³/mol. The third-order valence-electron chi connectivity index (χ3n) is 5.92. The van der Waals surface area contributed by atoms with Crippen LogP contribution in [0.1, 0.15) is 123 Å². The van der Waals surface area contributed by atoms with Crippen LogP contribution >= 0.6 is 7.82 Å². The fraction of sp³-hybridized carbons (Fsp3) is 0.815. The van der Waals surface area contributed by atoms with Gasteiger partial charge in [0.2, 0.25) is 0 Å². The van der Waals surface area contributed by atoms with Crippen LogP contribution in [-0.2, 0) is 23.1 Å². The second-order valence-electron chi connectivity index (χ2n) is 9.40. The molecular formula is C27H49O6P. The van der Waals surface area contributed by atoms with Crippen molar-refractivity contribution in [3.8, 4) is 0 Å². The fourth-order valence-electron chi connectivity index (χ4n) is 4.01. The molecule has 0 radical (unpaired) electrons. The molecule has 0 spiro atoms. The molecule has 0 amide bonds. The molecule has 0 aliphatic carbocycles. The lowest BCUT2D eigenvalue weighted by atomic mass is 10.0. The second kappa shape index (κ2) is 20.3. The Labute approximate surface area is 208 Å². The van der Waals surface area contributed by atoms with Crippen molar-refractivity contribution in [1.29, 1.82) is 0 Å². The van der Waals surface area contributed by atoms with E-state index in [0.29, 0.717) is 19.3 Å². The number of cyclic esters (lactones) is 1. The van der Waals surface area contributed by atoms with Crippen molar-refractivity contribution in [3.05, 3.63) is 24.3 Å². The summed E-state index contributed by atoms with van der Waals surface area (Å²) >= 11 is 0. The summed E-state index contributed by atoms with van der Waals surface area (Å²) in [6.45, 7) is 3.86. The maximum Gasteiger partial charge on any atom is 0.472 e. The zero-order valence-corrected chi connectivity index (χ0v) is 22.5. The molecule has 1 aliphatic heterocycles. The first-order chi connectivity index (χ1) is 16.4. The highest BCUT2D eigenvalue weighted by Crippen LogP contribution is 2.46. The van der Waals surface area contributed by atoms with Crippen LogP contribution in [0.2, 0.25) is 0 Å². The number of phosphoric acid groups is 1. The first-order valence-electron chi connectivity index (χ1n) is 13.6. The molecular weight excluding hydrogens is 451 g/mol. The largest absolute Gasteiger partial charge is 0.472 e. The van der Waals surface area contributed by atoms with E-state index in [1.54, 1.807) is 0 Å². The number of rotatable bonds is 5. The minimum Gasteiger partial charge on any atom is -0.462 e. The Bertz CT molecular complexity index is 618. The lowest BCUT2D eigenvalue weighted by Gasteiger charge is -2.21. The summed E-state index contributed by atoms with van der Waals surface area (Å²) in [7, 11) is -4.18. The maximum absolute atomic E-state index is 12.5. The number of hydrogen-bond donors (Lipinski definition) is 1. The van der Waals surface area contributed by atoms with Gasteiger partial charge in [0, 0.05) is 6.42 Å². The minimum absolute atomic E-state index is 0.0428. The van der Waals surface area contributed by atoms with Crippen molar-refractivity contribution in [2.75, 3.05) is 6.61 Å². The third-order valence-corrected chi connectivity index (χ3v) is 6.99. The standard InChI is InChI=1S/C27H49O6P/c1-3-23-31-34(29,30)33-26-22-20-18-16-14-12-10-8-6-4-5-7-9-11-13-15-17-19-21-25(2)32-27(28)24-26/h9,11,17,19,25-26H,3-8,10,12-16,18,20-24H2,1-2H3,(H,29,30)/b11-9-,19-17+/t25-,26-/m0/s1. The molecule has 7 heteroatoms. The Morgan fingerprint density at radius 3 is 2.12 bits per heavy atom. The molecule has 1 heterocycles. The van der Waals surface area contributed by atoms with Gasteiger partial charge in [0.1, 0.15) is 6.10 Å². The van der Waals surface area contributed by atoms with Crippen LogP contribution < -0.4 is 0 Å². The third kappa shape index (κ3) is 18.4. The van der Waals surface area contributed by atoms with E-state index in [1.807, 2.05) is 13.8 Å². The highest BCUT2D eigenvalue weighted by molar-refractivity contribution is 7.47. The molecule has 0 saturated carbocycles. The highest BCUT2D eigenvalue weighted by atomic mass is 31.2. The quantitative estimate of drug-likeness (QED) is 0.233. The van der Waals surface area contributed by atoms with Crippen LogP contribution in [0.3, 0.4) is 0 Å². The van der Waals surface area contributed by atoms with Gasteiger partial charge in [-0.25, -0.2) is 4.57 Å². The van der Waals surface area contributed by atoms with Crippen molar-refractivity contribution < 1.29 is 28.0 Å². The van der Waals surface area contributed by atoms with Crippen LogP contribution in [0.5, 0.6) is 0 Å². The average molecular weight is 501 g/mol. The first-order valence-corrected chi connectivity index (χ1v) is 15.1. The molecule has 34 heavy (non-hydrogen) atoms. The van der Waals surface area contributed by atoms with E-state index in [-0.39, 0.29) is 19.1 Å². The van der Waals surface area contributed by atoms with Crippen LogP contribution in [0.15, 0.2) is 24.3 Å².